The number of hydrogen-bond donors (Lipinski definition) is 1. The molecule has 0 amide bonds. The zero-order valence-corrected chi connectivity index (χ0v) is 11.3. The minimum absolute atomic E-state index is 0.366. The fourth-order valence-corrected chi connectivity index (χ4v) is 2.01. The van der Waals surface area contributed by atoms with E-state index in [9.17, 15) is 4.79 Å². The third kappa shape index (κ3) is 4.25. The summed E-state index contributed by atoms with van der Waals surface area (Å²) in [7, 11) is 0. The quantitative estimate of drug-likeness (QED) is 0.779. The molecule has 0 saturated heterocycles. The van der Waals surface area contributed by atoms with Gasteiger partial charge in [-0.1, -0.05) is 27.7 Å². The average Bonchev–Trinajstić information content (AvgIpc) is 2.20. The van der Waals surface area contributed by atoms with Crippen molar-refractivity contribution in [1.82, 2.24) is 5.32 Å². The number of nitrogens with one attached hydrogen (secondary N) is 1. The molecule has 0 heterocycles. The first-order valence-electron chi connectivity index (χ1n) is 6.64. The van der Waals surface area contributed by atoms with Crippen LogP contribution in [-0.2, 0) is 4.79 Å². The molecule has 2 heteroatoms. The molecule has 1 aliphatic carbocycles. The van der Waals surface area contributed by atoms with E-state index in [2.05, 4.69) is 33.0 Å². The van der Waals surface area contributed by atoms with Crippen LogP contribution in [0.5, 0.6) is 0 Å². The molecular formula is C14H27NO. The van der Waals surface area contributed by atoms with Gasteiger partial charge in [0.15, 0.2) is 0 Å². The van der Waals surface area contributed by atoms with Crippen molar-refractivity contribution in [2.24, 2.45) is 17.3 Å². The molecular weight excluding hydrogens is 198 g/mol. The van der Waals surface area contributed by atoms with Crippen molar-refractivity contribution in [3.05, 3.63) is 0 Å². The van der Waals surface area contributed by atoms with E-state index in [1.807, 2.05) is 0 Å². The Balaban J connectivity index is 2.18. The molecule has 1 N–H and O–H groups in total. The van der Waals surface area contributed by atoms with Crippen molar-refractivity contribution in [3.8, 4) is 0 Å². The van der Waals surface area contributed by atoms with Crippen LogP contribution in [-0.4, -0.2) is 18.9 Å². The van der Waals surface area contributed by atoms with Crippen LogP contribution in [0.25, 0.3) is 0 Å². The summed E-state index contributed by atoms with van der Waals surface area (Å²) in [6, 6.07) is 0. The van der Waals surface area contributed by atoms with Crippen LogP contribution in [0.1, 0.15) is 53.4 Å². The Kier molecular flexibility index (Phi) is 4.97. The smallest absolute Gasteiger partial charge is 0.132 e. The SMILES string of the molecule is CC(C)C(C)(C)CNCC1CCC(=O)CC1. The molecule has 0 aliphatic heterocycles. The van der Waals surface area contributed by atoms with Crippen molar-refractivity contribution >= 4 is 5.78 Å². The number of carbonyl (C=O) groups excluding carboxylic acids is 1. The van der Waals surface area contributed by atoms with Gasteiger partial charge in [0.25, 0.3) is 0 Å². The molecule has 0 bridgehead atoms. The second kappa shape index (κ2) is 5.81. The van der Waals surface area contributed by atoms with Crippen molar-refractivity contribution in [3.63, 3.8) is 0 Å². The second-order valence-electron chi connectivity index (χ2n) is 6.26. The standard InChI is InChI=1S/C14H27NO/c1-11(2)14(3,4)10-15-9-12-5-7-13(16)8-6-12/h11-12,15H,5-10H2,1-4H3. The van der Waals surface area contributed by atoms with Crippen LogP contribution in [0.2, 0.25) is 0 Å². The van der Waals surface area contributed by atoms with E-state index in [0.29, 0.717) is 17.1 Å². The summed E-state index contributed by atoms with van der Waals surface area (Å²) in [4.78, 5) is 11.1. The van der Waals surface area contributed by atoms with Gasteiger partial charge >= 0.3 is 0 Å². The highest BCUT2D eigenvalue weighted by atomic mass is 16.1. The number of rotatable bonds is 5. The number of Topliss-reactive ketones (excluding diaryl/α,β-unsaturated/α-hetero) is 1. The summed E-state index contributed by atoms with van der Waals surface area (Å²) in [5, 5.41) is 3.58. The summed E-state index contributed by atoms with van der Waals surface area (Å²) in [5.41, 5.74) is 0.366. The predicted molar refractivity (Wildman–Crippen MR) is 68.5 cm³/mol. The Hall–Kier alpha value is -0.370. The maximum absolute atomic E-state index is 11.1. The molecule has 1 saturated carbocycles. The van der Waals surface area contributed by atoms with Gasteiger partial charge in [-0.15, -0.1) is 0 Å². The lowest BCUT2D eigenvalue weighted by Gasteiger charge is -2.31. The number of hydrogen-bond acceptors (Lipinski definition) is 2. The van der Waals surface area contributed by atoms with Gasteiger partial charge in [-0.05, 0) is 36.6 Å². The van der Waals surface area contributed by atoms with Crippen LogP contribution in [0.15, 0.2) is 0 Å². The molecule has 0 aromatic heterocycles. The van der Waals surface area contributed by atoms with E-state index in [1.54, 1.807) is 0 Å². The fourth-order valence-electron chi connectivity index (χ4n) is 2.01. The van der Waals surface area contributed by atoms with Crippen LogP contribution in [0.3, 0.4) is 0 Å². The zero-order chi connectivity index (χ0) is 12.2. The van der Waals surface area contributed by atoms with E-state index >= 15 is 0 Å². The summed E-state index contributed by atoms with van der Waals surface area (Å²) >= 11 is 0. The first-order chi connectivity index (χ1) is 7.42. The van der Waals surface area contributed by atoms with Gasteiger partial charge in [0.2, 0.25) is 0 Å². The Morgan fingerprint density at radius 1 is 1.31 bits per heavy atom. The largest absolute Gasteiger partial charge is 0.316 e. The van der Waals surface area contributed by atoms with Gasteiger partial charge in [0, 0.05) is 19.4 Å². The van der Waals surface area contributed by atoms with E-state index in [1.165, 1.54) is 0 Å². The first-order valence-corrected chi connectivity index (χ1v) is 6.64. The molecule has 0 aromatic rings. The summed E-state index contributed by atoms with van der Waals surface area (Å²) in [5.74, 6) is 1.88. The Labute approximate surface area is 100 Å². The summed E-state index contributed by atoms with van der Waals surface area (Å²) < 4.78 is 0. The van der Waals surface area contributed by atoms with Gasteiger partial charge in [-0.3, -0.25) is 4.79 Å². The van der Waals surface area contributed by atoms with E-state index in [4.69, 9.17) is 0 Å². The highest BCUT2D eigenvalue weighted by molar-refractivity contribution is 5.79. The van der Waals surface area contributed by atoms with Crippen molar-refractivity contribution in [2.75, 3.05) is 13.1 Å². The molecule has 1 fully saturated rings. The fraction of sp³-hybridized carbons (Fsp3) is 0.929. The molecule has 16 heavy (non-hydrogen) atoms. The monoisotopic (exact) mass is 225 g/mol. The minimum Gasteiger partial charge on any atom is -0.316 e. The lowest BCUT2D eigenvalue weighted by Crippen LogP contribution is -2.36. The lowest BCUT2D eigenvalue weighted by atomic mass is 9.81. The topological polar surface area (TPSA) is 29.1 Å². The lowest BCUT2D eigenvalue weighted by molar-refractivity contribution is -0.120. The van der Waals surface area contributed by atoms with Gasteiger partial charge < -0.3 is 5.32 Å². The maximum atomic E-state index is 11.1. The molecule has 0 atom stereocenters. The zero-order valence-electron chi connectivity index (χ0n) is 11.3. The molecule has 94 valence electrons. The van der Waals surface area contributed by atoms with Crippen LogP contribution in [0.4, 0.5) is 0 Å². The minimum atomic E-state index is 0.366. The molecule has 1 aliphatic rings. The van der Waals surface area contributed by atoms with Crippen LogP contribution in [0, 0.1) is 17.3 Å². The van der Waals surface area contributed by atoms with E-state index in [0.717, 1.165) is 44.7 Å². The molecule has 0 aromatic carbocycles. The molecule has 0 spiro atoms. The predicted octanol–water partition coefficient (Wildman–Crippen LogP) is 3.02. The first kappa shape index (κ1) is 13.7. The third-order valence-corrected chi connectivity index (χ3v) is 4.24. The Bertz CT molecular complexity index is 223. The van der Waals surface area contributed by atoms with Crippen LogP contribution >= 0.6 is 0 Å². The van der Waals surface area contributed by atoms with Gasteiger partial charge in [-0.25, -0.2) is 0 Å². The van der Waals surface area contributed by atoms with Crippen molar-refractivity contribution in [2.45, 2.75) is 53.4 Å². The van der Waals surface area contributed by atoms with E-state index < -0.39 is 0 Å². The summed E-state index contributed by atoms with van der Waals surface area (Å²) in [6.07, 6.45) is 3.79. The third-order valence-electron chi connectivity index (χ3n) is 4.24. The normalized spacial score (nSPS) is 19.4. The summed E-state index contributed by atoms with van der Waals surface area (Å²) in [6.45, 7) is 11.4. The molecule has 1 rings (SSSR count). The highest BCUT2D eigenvalue weighted by Crippen LogP contribution is 2.25. The van der Waals surface area contributed by atoms with Crippen molar-refractivity contribution < 1.29 is 4.79 Å². The van der Waals surface area contributed by atoms with Crippen molar-refractivity contribution in [1.29, 1.82) is 0 Å². The van der Waals surface area contributed by atoms with Crippen LogP contribution < -0.4 is 5.32 Å². The average molecular weight is 225 g/mol. The van der Waals surface area contributed by atoms with Gasteiger partial charge in [0.05, 0.1) is 0 Å². The maximum Gasteiger partial charge on any atom is 0.132 e. The number of carbonyl (C=O) groups is 1. The highest BCUT2D eigenvalue weighted by Gasteiger charge is 2.23. The van der Waals surface area contributed by atoms with E-state index in [-0.39, 0.29) is 0 Å². The second-order valence-corrected chi connectivity index (χ2v) is 6.26. The molecule has 2 nitrogen and oxygen atoms in total. The Morgan fingerprint density at radius 2 is 1.88 bits per heavy atom. The Morgan fingerprint density at radius 3 is 2.38 bits per heavy atom. The van der Waals surface area contributed by atoms with Gasteiger partial charge in [0.1, 0.15) is 5.78 Å². The molecule has 0 unspecified atom stereocenters. The number of ketones is 1. The molecule has 0 radical (unpaired) electrons. The van der Waals surface area contributed by atoms with Gasteiger partial charge in [-0.2, -0.15) is 0 Å².